The molecule has 252 valence electrons. The molecule has 1 saturated heterocycles. The maximum Gasteiger partial charge on any atom is 0.320 e. The monoisotopic (exact) mass is 672 g/mol. The molecule has 0 spiro atoms. The van der Waals surface area contributed by atoms with Crippen LogP contribution in [0.2, 0.25) is 0 Å². The van der Waals surface area contributed by atoms with Crippen LogP contribution in [0.3, 0.4) is 0 Å². The highest BCUT2D eigenvalue weighted by atomic mass is 32.2. The number of likely N-dealkylation sites (tertiary alicyclic amines) is 1. The molecule has 4 aromatic rings. The molecule has 48 heavy (non-hydrogen) atoms. The Balaban J connectivity index is 1.27. The van der Waals surface area contributed by atoms with Gasteiger partial charge in [-0.2, -0.15) is 0 Å². The number of benzene rings is 1. The van der Waals surface area contributed by atoms with Crippen molar-refractivity contribution in [1.29, 1.82) is 0 Å². The third-order valence-electron chi connectivity index (χ3n) is 9.01. The Bertz CT molecular complexity index is 2040. The van der Waals surface area contributed by atoms with Crippen LogP contribution in [-0.4, -0.2) is 65.1 Å². The van der Waals surface area contributed by atoms with E-state index in [4.69, 9.17) is 4.74 Å². The molecular formula is C34H40N8O5S. The van der Waals surface area contributed by atoms with Gasteiger partial charge in [0.2, 0.25) is 10.0 Å². The number of carbonyl (C=O) groups is 2. The molecule has 14 heteroatoms. The molecule has 3 N–H and O–H groups in total. The number of ether oxygens (including phenoxy) is 1. The molecule has 0 bridgehead atoms. The number of aldehydes is 1. The maximum atomic E-state index is 13.5. The van der Waals surface area contributed by atoms with Crippen LogP contribution >= 0.6 is 0 Å². The topological polar surface area (TPSA) is 160 Å². The molecule has 0 radical (unpaired) electrons. The summed E-state index contributed by atoms with van der Waals surface area (Å²) in [6.45, 7) is 8.92. The van der Waals surface area contributed by atoms with Gasteiger partial charge in [0.05, 0.1) is 23.7 Å². The van der Waals surface area contributed by atoms with E-state index in [1.54, 1.807) is 30.4 Å². The average Bonchev–Trinajstić information content (AvgIpc) is 3.59. The van der Waals surface area contributed by atoms with Gasteiger partial charge < -0.3 is 15.4 Å². The molecule has 3 aromatic heterocycles. The number of fused-ring (bicyclic) bond motifs is 2. The number of carbonyl (C=O) groups excluding carboxylic acids is 2. The van der Waals surface area contributed by atoms with Crippen molar-refractivity contribution in [3.8, 4) is 5.75 Å². The second kappa shape index (κ2) is 12.0. The van der Waals surface area contributed by atoms with Gasteiger partial charge in [-0.3, -0.25) is 18.8 Å². The molecule has 1 fully saturated rings. The second-order valence-corrected chi connectivity index (χ2v) is 15.5. The molecule has 1 aliphatic carbocycles. The zero-order chi connectivity index (χ0) is 34.5. The molecule has 2 amide bonds. The van der Waals surface area contributed by atoms with Crippen molar-refractivity contribution >= 4 is 39.5 Å². The number of hydrogen-bond donors (Lipinski definition) is 3. The summed E-state index contributed by atoms with van der Waals surface area (Å²) >= 11 is 0. The SMILES string of the molecule is CN1CCC[C@@]1(C)c1nnc2ccc(O[C@@H]3C=C[C@](C=O)(NC(=O)Nc4cc(NS(C)(=O)=O)nc(C(C)(C)C)c4)c4ccccc43)cn12. The van der Waals surface area contributed by atoms with Crippen molar-refractivity contribution < 1.29 is 22.7 Å². The molecule has 6 rings (SSSR count). The maximum absolute atomic E-state index is 13.5. The van der Waals surface area contributed by atoms with E-state index in [1.165, 1.54) is 6.07 Å². The third-order valence-corrected chi connectivity index (χ3v) is 9.59. The Labute approximate surface area is 279 Å². The van der Waals surface area contributed by atoms with Crippen molar-refractivity contribution in [1.82, 2.24) is 29.8 Å². The Morgan fingerprint density at radius 2 is 1.90 bits per heavy atom. The zero-order valence-corrected chi connectivity index (χ0v) is 28.6. The first-order valence-corrected chi connectivity index (χ1v) is 17.6. The first-order chi connectivity index (χ1) is 22.6. The predicted octanol–water partition coefficient (Wildman–Crippen LogP) is 4.64. The zero-order valence-electron chi connectivity index (χ0n) is 27.8. The Morgan fingerprint density at radius 3 is 2.58 bits per heavy atom. The molecule has 2 aliphatic rings. The summed E-state index contributed by atoms with van der Waals surface area (Å²) in [5.41, 5.74) is 0.642. The summed E-state index contributed by atoms with van der Waals surface area (Å²) in [6, 6.07) is 13.4. The number of pyridine rings is 2. The van der Waals surface area contributed by atoms with E-state index < -0.39 is 33.1 Å². The quantitative estimate of drug-likeness (QED) is 0.179. The summed E-state index contributed by atoms with van der Waals surface area (Å²) < 4.78 is 34.7. The lowest BCUT2D eigenvalue weighted by Crippen LogP contribution is -2.49. The van der Waals surface area contributed by atoms with Crippen molar-refractivity contribution in [2.24, 2.45) is 0 Å². The molecule has 0 saturated carbocycles. The van der Waals surface area contributed by atoms with E-state index in [2.05, 4.69) is 49.4 Å². The summed E-state index contributed by atoms with van der Waals surface area (Å²) in [5, 5.41) is 14.5. The number of anilines is 2. The average molecular weight is 673 g/mol. The van der Waals surface area contributed by atoms with Gasteiger partial charge in [-0.15, -0.1) is 10.2 Å². The standard InChI is InChI=1S/C34H40N8O5S/c1-32(2,3)27-18-22(19-28(36-27)40-48(6,45)46)35-31(44)37-34(21-43)16-14-26(24-10-7-8-11-25(24)34)47-23-12-13-29-38-39-30(42(29)20-23)33(4)15-9-17-41(33)5/h7-8,10-14,16,18-21,26H,9,15,17H2,1-6H3,(H3,35,36,37,40,44)/t26-,33+,34-/m1/s1. The number of hydrogen-bond acceptors (Lipinski definition) is 9. The summed E-state index contributed by atoms with van der Waals surface area (Å²) in [5.74, 6) is 1.50. The lowest BCUT2D eigenvalue weighted by Gasteiger charge is -2.34. The van der Waals surface area contributed by atoms with Crippen LogP contribution in [0.25, 0.3) is 5.65 Å². The number of sulfonamides is 1. The lowest BCUT2D eigenvalue weighted by molar-refractivity contribution is -0.111. The summed E-state index contributed by atoms with van der Waals surface area (Å²) in [6.07, 6.45) is 8.45. The molecule has 1 aliphatic heterocycles. The van der Waals surface area contributed by atoms with E-state index >= 15 is 0 Å². The number of amides is 2. The summed E-state index contributed by atoms with van der Waals surface area (Å²) in [7, 11) is -1.52. The minimum Gasteiger partial charge on any atom is -0.480 e. The highest BCUT2D eigenvalue weighted by molar-refractivity contribution is 7.92. The minimum atomic E-state index is -3.62. The van der Waals surface area contributed by atoms with Gasteiger partial charge in [-0.1, -0.05) is 45.0 Å². The highest BCUT2D eigenvalue weighted by Crippen LogP contribution is 2.39. The van der Waals surface area contributed by atoms with E-state index in [0.717, 1.165) is 37.1 Å². The van der Waals surface area contributed by atoms with Gasteiger partial charge in [-0.25, -0.2) is 18.2 Å². The fourth-order valence-electron chi connectivity index (χ4n) is 6.31. The number of aromatic nitrogens is 4. The fourth-order valence-corrected chi connectivity index (χ4v) is 6.80. The second-order valence-electron chi connectivity index (χ2n) is 13.7. The largest absolute Gasteiger partial charge is 0.480 e. The Hall–Kier alpha value is -4.82. The molecular weight excluding hydrogens is 632 g/mol. The van der Waals surface area contributed by atoms with Crippen molar-refractivity contribution in [2.45, 2.75) is 63.1 Å². The Morgan fingerprint density at radius 1 is 1.12 bits per heavy atom. The van der Waals surface area contributed by atoms with Gasteiger partial charge in [0.15, 0.2) is 17.8 Å². The number of nitrogens with zero attached hydrogens (tertiary/aromatic N) is 5. The molecule has 1 aromatic carbocycles. The Kier molecular flexibility index (Phi) is 8.28. The smallest absolute Gasteiger partial charge is 0.320 e. The van der Waals surface area contributed by atoms with E-state index in [-0.39, 0.29) is 11.4 Å². The van der Waals surface area contributed by atoms with Gasteiger partial charge in [0.25, 0.3) is 0 Å². The van der Waals surface area contributed by atoms with Crippen LogP contribution in [-0.2, 0) is 31.3 Å². The van der Waals surface area contributed by atoms with Gasteiger partial charge in [0, 0.05) is 22.7 Å². The van der Waals surface area contributed by atoms with Crippen molar-refractivity contribution in [2.75, 3.05) is 29.9 Å². The predicted molar refractivity (Wildman–Crippen MR) is 182 cm³/mol. The normalized spacial score (nSPS) is 22.7. The number of nitrogens with one attached hydrogen (secondary N) is 3. The van der Waals surface area contributed by atoms with Crippen LogP contribution in [0, 0.1) is 0 Å². The van der Waals surface area contributed by atoms with Crippen LogP contribution in [0.1, 0.15) is 69.3 Å². The van der Waals surface area contributed by atoms with E-state index in [0.29, 0.717) is 34.5 Å². The first kappa shape index (κ1) is 33.1. The van der Waals surface area contributed by atoms with Crippen LogP contribution in [0.5, 0.6) is 5.75 Å². The van der Waals surface area contributed by atoms with Gasteiger partial charge in [0.1, 0.15) is 23.2 Å². The molecule has 3 atom stereocenters. The molecule has 4 heterocycles. The number of rotatable bonds is 8. The van der Waals surface area contributed by atoms with Crippen molar-refractivity contribution in [3.63, 3.8) is 0 Å². The number of urea groups is 1. The molecule has 0 unspecified atom stereocenters. The highest BCUT2D eigenvalue weighted by Gasteiger charge is 2.40. The first-order valence-electron chi connectivity index (χ1n) is 15.7. The van der Waals surface area contributed by atoms with Crippen LogP contribution < -0.4 is 20.1 Å². The van der Waals surface area contributed by atoms with Gasteiger partial charge in [-0.05, 0) is 69.3 Å². The van der Waals surface area contributed by atoms with E-state index in [9.17, 15) is 18.0 Å². The molecule has 13 nitrogen and oxygen atoms in total. The van der Waals surface area contributed by atoms with E-state index in [1.807, 2.05) is 55.6 Å². The summed E-state index contributed by atoms with van der Waals surface area (Å²) in [4.78, 5) is 32.9. The van der Waals surface area contributed by atoms with Gasteiger partial charge >= 0.3 is 6.03 Å². The lowest BCUT2D eigenvalue weighted by atomic mass is 9.81. The minimum absolute atomic E-state index is 0.0642. The van der Waals surface area contributed by atoms with Crippen LogP contribution in [0.4, 0.5) is 16.3 Å². The van der Waals surface area contributed by atoms with Crippen LogP contribution in [0.15, 0.2) is 66.9 Å². The fraction of sp³-hybridized carbons (Fsp3) is 0.382. The van der Waals surface area contributed by atoms with Crippen molar-refractivity contribution in [3.05, 3.63) is 89.5 Å². The third kappa shape index (κ3) is 6.37.